The number of allylic oxidation sites excluding steroid dienone is 1. The molecular formula is C28H33N. The molecule has 0 bridgehead atoms. The SMILES string of the molecule is C#Cc1ccc(C2CCN(C(=C)c3ccc(C)c(CCCC(=C)C)c3)CC2)cc1. The van der Waals surface area contributed by atoms with Gasteiger partial charge in [0.05, 0.1) is 0 Å². The van der Waals surface area contributed by atoms with E-state index in [1.807, 2.05) is 0 Å². The minimum Gasteiger partial charge on any atom is -0.371 e. The van der Waals surface area contributed by atoms with E-state index in [1.54, 1.807) is 0 Å². The molecule has 0 amide bonds. The second kappa shape index (κ2) is 9.66. The maximum atomic E-state index is 5.47. The molecule has 0 atom stereocenters. The molecule has 0 saturated carbocycles. The van der Waals surface area contributed by atoms with Gasteiger partial charge in [0.15, 0.2) is 0 Å². The van der Waals surface area contributed by atoms with Crippen LogP contribution in [-0.2, 0) is 6.42 Å². The highest BCUT2D eigenvalue weighted by molar-refractivity contribution is 5.63. The Hall–Kier alpha value is -2.72. The van der Waals surface area contributed by atoms with Crippen LogP contribution < -0.4 is 0 Å². The van der Waals surface area contributed by atoms with Crippen LogP contribution in [0, 0.1) is 19.3 Å². The van der Waals surface area contributed by atoms with Crippen molar-refractivity contribution in [1.82, 2.24) is 4.90 Å². The standard InChI is InChI=1S/C28H33N/c1-6-24-11-14-25(15-12-24)26-16-18-29(19-17-26)23(5)28-13-10-22(4)27(20-28)9-7-8-21(2)3/h1,10-15,20,26H,2,5,7-9,16-19H2,3-4H3. The maximum Gasteiger partial charge on any atom is 0.0366 e. The van der Waals surface area contributed by atoms with E-state index in [0.717, 1.165) is 56.5 Å². The number of hydrogen-bond donors (Lipinski definition) is 0. The van der Waals surface area contributed by atoms with Gasteiger partial charge in [0, 0.05) is 24.4 Å². The summed E-state index contributed by atoms with van der Waals surface area (Å²) < 4.78 is 0. The van der Waals surface area contributed by atoms with E-state index in [1.165, 1.54) is 27.8 Å². The van der Waals surface area contributed by atoms with Crippen molar-refractivity contribution in [2.45, 2.75) is 51.9 Å². The second-order valence-electron chi connectivity index (χ2n) is 8.43. The lowest BCUT2D eigenvalue weighted by molar-refractivity contribution is 0.299. The van der Waals surface area contributed by atoms with E-state index in [0.29, 0.717) is 5.92 Å². The third kappa shape index (κ3) is 5.42. The third-order valence-corrected chi connectivity index (χ3v) is 6.16. The van der Waals surface area contributed by atoms with Crippen molar-refractivity contribution in [2.75, 3.05) is 13.1 Å². The van der Waals surface area contributed by atoms with Crippen LogP contribution in [0.5, 0.6) is 0 Å². The number of rotatable bonds is 7. The molecule has 29 heavy (non-hydrogen) atoms. The van der Waals surface area contributed by atoms with Crippen LogP contribution in [0.1, 0.15) is 66.3 Å². The number of likely N-dealkylation sites (tertiary alicyclic amines) is 1. The minimum atomic E-state index is 0.613. The first kappa shape index (κ1) is 21.0. The lowest BCUT2D eigenvalue weighted by Gasteiger charge is -2.35. The molecule has 1 aliphatic rings. The maximum absolute atomic E-state index is 5.47. The first-order valence-corrected chi connectivity index (χ1v) is 10.7. The minimum absolute atomic E-state index is 0.613. The fourth-order valence-corrected chi connectivity index (χ4v) is 4.22. The largest absolute Gasteiger partial charge is 0.371 e. The normalized spacial score (nSPS) is 14.4. The third-order valence-electron chi connectivity index (χ3n) is 6.16. The average molecular weight is 384 g/mol. The van der Waals surface area contributed by atoms with Crippen molar-refractivity contribution >= 4 is 5.70 Å². The molecule has 1 heteroatoms. The van der Waals surface area contributed by atoms with Gasteiger partial charge < -0.3 is 4.90 Å². The summed E-state index contributed by atoms with van der Waals surface area (Å²) in [6.45, 7) is 14.9. The van der Waals surface area contributed by atoms with Gasteiger partial charge in [-0.15, -0.1) is 13.0 Å². The second-order valence-corrected chi connectivity index (χ2v) is 8.43. The number of terminal acetylenes is 1. The fraction of sp³-hybridized carbons (Fsp3) is 0.357. The van der Waals surface area contributed by atoms with E-state index in [-0.39, 0.29) is 0 Å². The molecule has 0 aromatic heterocycles. The summed E-state index contributed by atoms with van der Waals surface area (Å²) in [4.78, 5) is 2.45. The van der Waals surface area contributed by atoms with Gasteiger partial charge in [0.2, 0.25) is 0 Å². The fourth-order valence-electron chi connectivity index (χ4n) is 4.22. The average Bonchev–Trinajstić information content (AvgIpc) is 2.74. The van der Waals surface area contributed by atoms with Gasteiger partial charge in [0.25, 0.3) is 0 Å². The number of nitrogens with zero attached hydrogens (tertiary/aromatic N) is 1. The summed E-state index contributed by atoms with van der Waals surface area (Å²) >= 11 is 0. The van der Waals surface area contributed by atoms with Crippen LogP contribution in [0.25, 0.3) is 5.70 Å². The van der Waals surface area contributed by atoms with Gasteiger partial charge >= 0.3 is 0 Å². The Kier molecular flexibility index (Phi) is 6.99. The Balaban J connectivity index is 1.61. The smallest absolute Gasteiger partial charge is 0.0366 e. The molecule has 150 valence electrons. The van der Waals surface area contributed by atoms with E-state index in [2.05, 4.69) is 80.3 Å². The van der Waals surface area contributed by atoms with Crippen molar-refractivity contribution < 1.29 is 0 Å². The summed E-state index contributed by atoms with van der Waals surface area (Å²) in [5.74, 6) is 3.31. The molecule has 2 aromatic carbocycles. The zero-order valence-electron chi connectivity index (χ0n) is 18.0. The molecule has 1 nitrogen and oxygen atoms in total. The van der Waals surface area contributed by atoms with Crippen LogP contribution in [0.4, 0.5) is 0 Å². The van der Waals surface area contributed by atoms with Gasteiger partial charge in [-0.25, -0.2) is 0 Å². The molecule has 1 fully saturated rings. The van der Waals surface area contributed by atoms with Crippen molar-refractivity contribution in [3.8, 4) is 12.3 Å². The molecule has 2 aromatic rings. The summed E-state index contributed by atoms with van der Waals surface area (Å²) in [6, 6.07) is 15.3. The Morgan fingerprint density at radius 3 is 2.41 bits per heavy atom. The predicted molar refractivity (Wildman–Crippen MR) is 126 cm³/mol. The molecule has 0 unspecified atom stereocenters. The first-order valence-electron chi connectivity index (χ1n) is 10.7. The molecular weight excluding hydrogens is 350 g/mol. The molecule has 1 aliphatic heterocycles. The van der Waals surface area contributed by atoms with Crippen molar-refractivity contribution in [2.24, 2.45) is 0 Å². The Morgan fingerprint density at radius 2 is 1.79 bits per heavy atom. The van der Waals surface area contributed by atoms with Gasteiger partial charge in [0.1, 0.15) is 0 Å². The Morgan fingerprint density at radius 1 is 1.10 bits per heavy atom. The number of aryl methyl sites for hydroxylation is 2. The predicted octanol–water partition coefficient (Wildman–Crippen LogP) is 6.73. The molecule has 0 N–H and O–H groups in total. The van der Waals surface area contributed by atoms with Crippen LogP contribution >= 0.6 is 0 Å². The molecule has 1 heterocycles. The van der Waals surface area contributed by atoms with Gasteiger partial charge in [-0.1, -0.05) is 42.3 Å². The van der Waals surface area contributed by atoms with Crippen molar-refractivity contribution in [3.63, 3.8) is 0 Å². The number of piperidine rings is 1. The van der Waals surface area contributed by atoms with E-state index < -0.39 is 0 Å². The topological polar surface area (TPSA) is 3.24 Å². The summed E-state index contributed by atoms with van der Waals surface area (Å²) in [5.41, 5.74) is 8.86. The summed E-state index contributed by atoms with van der Waals surface area (Å²) in [5, 5.41) is 0. The molecule has 0 aliphatic carbocycles. The Labute approximate surface area is 177 Å². The zero-order valence-corrected chi connectivity index (χ0v) is 18.0. The van der Waals surface area contributed by atoms with Crippen molar-refractivity contribution in [3.05, 3.63) is 89.0 Å². The van der Waals surface area contributed by atoms with E-state index in [9.17, 15) is 0 Å². The van der Waals surface area contributed by atoms with Crippen LogP contribution in [0.15, 0.2) is 61.2 Å². The van der Waals surface area contributed by atoms with Gasteiger partial charge in [-0.05, 0) is 92.3 Å². The lowest BCUT2D eigenvalue weighted by Crippen LogP contribution is -2.31. The van der Waals surface area contributed by atoms with Crippen molar-refractivity contribution in [1.29, 1.82) is 0 Å². The van der Waals surface area contributed by atoms with Crippen LogP contribution in [0.2, 0.25) is 0 Å². The zero-order chi connectivity index (χ0) is 20.8. The monoisotopic (exact) mass is 383 g/mol. The van der Waals surface area contributed by atoms with Crippen LogP contribution in [-0.4, -0.2) is 18.0 Å². The van der Waals surface area contributed by atoms with Crippen LogP contribution in [0.3, 0.4) is 0 Å². The Bertz CT molecular complexity index is 902. The highest BCUT2D eigenvalue weighted by atomic mass is 15.1. The summed E-state index contributed by atoms with van der Waals surface area (Å²) in [6.07, 6.45) is 11.2. The molecule has 3 rings (SSSR count). The van der Waals surface area contributed by atoms with Gasteiger partial charge in [-0.2, -0.15) is 0 Å². The lowest BCUT2D eigenvalue weighted by atomic mass is 9.88. The number of benzene rings is 2. The molecule has 1 saturated heterocycles. The van der Waals surface area contributed by atoms with E-state index >= 15 is 0 Å². The van der Waals surface area contributed by atoms with Gasteiger partial charge in [-0.3, -0.25) is 0 Å². The highest BCUT2D eigenvalue weighted by Gasteiger charge is 2.22. The quantitative estimate of drug-likeness (QED) is 0.379. The molecule has 0 radical (unpaired) electrons. The number of hydrogen-bond acceptors (Lipinski definition) is 1. The van der Waals surface area contributed by atoms with E-state index in [4.69, 9.17) is 6.42 Å². The first-order chi connectivity index (χ1) is 14.0. The summed E-state index contributed by atoms with van der Waals surface area (Å²) in [7, 11) is 0. The highest BCUT2D eigenvalue weighted by Crippen LogP contribution is 2.32. The molecule has 0 spiro atoms.